The highest BCUT2D eigenvalue weighted by atomic mass is 32.1. The molecule has 2 atom stereocenters. The molecule has 2 N–H and O–H groups in total. The van der Waals surface area contributed by atoms with E-state index in [9.17, 15) is 9.59 Å². The molecule has 0 spiro atoms. The number of morpholine rings is 1. The minimum Gasteiger partial charge on any atom is -0.372 e. The number of urea groups is 1. The molecule has 2 aromatic rings. The SMILES string of the molecule is CCc1ccc(-c2nc(C(=O)NNC(=O)N3C[C@@H](C)O[C@H](C)C3)cs2)cc1. The van der Waals surface area contributed by atoms with E-state index in [1.165, 1.54) is 16.9 Å². The maximum absolute atomic E-state index is 12.3. The molecule has 8 heteroatoms. The van der Waals surface area contributed by atoms with Crippen LogP contribution in [0.5, 0.6) is 0 Å². The molecule has 144 valence electrons. The number of hydrazine groups is 1. The molecule has 0 unspecified atom stereocenters. The number of ether oxygens (including phenoxy) is 1. The topological polar surface area (TPSA) is 83.6 Å². The van der Waals surface area contributed by atoms with Crippen molar-refractivity contribution in [3.05, 3.63) is 40.9 Å². The number of aryl methyl sites for hydroxylation is 1. The number of benzene rings is 1. The maximum Gasteiger partial charge on any atom is 0.336 e. The summed E-state index contributed by atoms with van der Waals surface area (Å²) in [7, 11) is 0. The number of carbonyl (C=O) groups excluding carboxylic acids is 2. The van der Waals surface area contributed by atoms with Crippen LogP contribution in [0, 0.1) is 0 Å². The van der Waals surface area contributed by atoms with Gasteiger partial charge >= 0.3 is 6.03 Å². The van der Waals surface area contributed by atoms with Gasteiger partial charge in [-0.05, 0) is 25.8 Å². The third kappa shape index (κ3) is 4.84. The summed E-state index contributed by atoms with van der Waals surface area (Å²) >= 11 is 1.40. The molecule has 3 rings (SSSR count). The fourth-order valence-electron chi connectivity index (χ4n) is 2.99. The van der Waals surface area contributed by atoms with Crippen LogP contribution in [-0.4, -0.2) is 47.1 Å². The molecule has 7 nitrogen and oxygen atoms in total. The van der Waals surface area contributed by atoms with Gasteiger partial charge in [-0.2, -0.15) is 0 Å². The lowest BCUT2D eigenvalue weighted by atomic mass is 10.1. The van der Waals surface area contributed by atoms with Crippen LogP contribution in [0.3, 0.4) is 0 Å². The Hall–Kier alpha value is -2.45. The number of rotatable bonds is 3. The number of amides is 3. The van der Waals surface area contributed by atoms with Crippen molar-refractivity contribution in [1.29, 1.82) is 0 Å². The maximum atomic E-state index is 12.3. The summed E-state index contributed by atoms with van der Waals surface area (Å²) in [6.45, 7) is 6.91. The first-order valence-electron chi connectivity index (χ1n) is 9.01. The Labute approximate surface area is 162 Å². The first kappa shape index (κ1) is 19.3. The van der Waals surface area contributed by atoms with E-state index in [2.05, 4.69) is 34.9 Å². The molecule has 2 heterocycles. The molecule has 3 amide bonds. The number of nitrogens with zero attached hydrogens (tertiary/aromatic N) is 2. The van der Waals surface area contributed by atoms with Gasteiger partial charge in [-0.3, -0.25) is 10.2 Å². The molecule has 0 radical (unpaired) electrons. The molecule has 1 fully saturated rings. The quantitative estimate of drug-likeness (QED) is 0.792. The molecular formula is C19H24N4O3S. The summed E-state index contributed by atoms with van der Waals surface area (Å²) < 4.78 is 5.60. The minimum absolute atomic E-state index is 0.0320. The van der Waals surface area contributed by atoms with Gasteiger partial charge in [0, 0.05) is 24.0 Å². The number of thiazole rings is 1. The zero-order valence-corrected chi connectivity index (χ0v) is 16.5. The minimum atomic E-state index is -0.439. The Morgan fingerprint density at radius 2 is 1.85 bits per heavy atom. The lowest BCUT2D eigenvalue weighted by Crippen LogP contribution is -2.55. The van der Waals surface area contributed by atoms with E-state index in [1.54, 1.807) is 10.3 Å². The van der Waals surface area contributed by atoms with Crippen LogP contribution in [0.15, 0.2) is 29.6 Å². The molecule has 0 saturated carbocycles. The van der Waals surface area contributed by atoms with Gasteiger partial charge < -0.3 is 9.64 Å². The number of hydrogen-bond donors (Lipinski definition) is 2. The van der Waals surface area contributed by atoms with Crippen molar-refractivity contribution in [2.75, 3.05) is 13.1 Å². The predicted molar refractivity (Wildman–Crippen MR) is 105 cm³/mol. The number of hydrogen-bond acceptors (Lipinski definition) is 5. The summed E-state index contributed by atoms with van der Waals surface area (Å²) in [5.41, 5.74) is 7.38. The van der Waals surface area contributed by atoms with Crippen LogP contribution < -0.4 is 10.9 Å². The second-order valence-corrected chi connectivity index (χ2v) is 7.49. The van der Waals surface area contributed by atoms with E-state index in [0.717, 1.165) is 17.0 Å². The number of carbonyl (C=O) groups is 2. The van der Waals surface area contributed by atoms with E-state index in [1.807, 2.05) is 26.0 Å². The predicted octanol–water partition coefficient (Wildman–Crippen LogP) is 2.84. The zero-order chi connectivity index (χ0) is 19.4. The van der Waals surface area contributed by atoms with Crippen molar-refractivity contribution in [2.24, 2.45) is 0 Å². The normalized spacial score (nSPS) is 19.6. The first-order chi connectivity index (χ1) is 13.0. The van der Waals surface area contributed by atoms with Crippen LogP contribution in [0.1, 0.15) is 36.8 Å². The van der Waals surface area contributed by atoms with Gasteiger partial charge in [0.25, 0.3) is 5.91 Å². The summed E-state index contributed by atoms with van der Waals surface area (Å²) in [6.07, 6.45) is 0.914. The van der Waals surface area contributed by atoms with E-state index in [-0.39, 0.29) is 23.9 Å². The second kappa shape index (κ2) is 8.49. The zero-order valence-electron chi connectivity index (χ0n) is 15.7. The van der Waals surface area contributed by atoms with Gasteiger partial charge in [0.1, 0.15) is 10.7 Å². The first-order valence-corrected chi connectivity index (χ1v) is 9.89. The van der Waals surface area contributed by atoms with E-state index >= 15 is 0 Å². The standard InChI is InChI=1S/C19H24N4O3S/c1-4-14-5-7-15(8-6-14)18-20-16(11-27-18)17(24)21-22-19(25)23-9-12(2)26-13(3)10-23/h5-8,11-13H,4,9-10H2,1-3H3,(H,21,24)(H,22,25)/t12-,13-/m1/s1. The van der Waals surface area contributed by atoms with Crippen molar-refractivity contribution >= 4 is 23.3 Å². The average molecular weight is 388 g/mol. The lowest BCUT2D eigenvalue weighted by molar-refractivity contribution is -0.0547. The van der Waals surface area contributed by atoms with E-state index in [4.69, 9.17) is 4.74 Å². The largest absolute Gasteiger partial charge is 0.372 e. The smallest absolute Gasteiger partial charge is 0.336 e. The van der Waals surface area contributed by atoms with Gasteiger partial charge in [0.15, 0.2) is 0 Å². The van der Waals surface area contributed by atoms with Gasteiger partial charge in [-0.1, -0.05) is 31.2 Å². The Morgan fingerprint density at radius 3 is 2.48 bits per heavy atom. The second-order valence-electron chi connectivity index (χ2n) is 6.63. The highest BCUT2D eigenvalue weighted by Crippen LogP contribution is 2.24. The third-order valence-corrected chi connectivity index (χ3v) is 5.23. The molecule has 1 aromatic heterocycles. The molecule has 1 aliphatic rings. The van der Waals surface area contributed by atoms with Crippen molar-refractivity contribution in [3.8, 4) is 10.6 Å². The van der Waals surface area contributed by atoms with Crippen LogP contribution in [0.25, 0.3) is 10.6 Å². The molecular weight excluding hydrogens is 364 g/mol. The highest BCUT2D eigenvalue weighted by molar-refractivity contribution is 7.13. The van der Waals surface area contributed by atoms with Crippen LogP contribution in [0.4, 0.5) is 4.79 Å². The third-order valence-electron chi connectivity index (χ3n) is 4.34. The number of nitrogens with one attached hydrogen (secondary N) is 2. The fraction of sp³-hybridized carbons (Fsp3) is 0.421. The number of aromatic nitrogens is 1. The fourth-order valence-corrected chi connectivity index (χ4v) is 3.80. The van der Waals surface area contributed by atoms with Gasteiger partial charge in [-0.15, -0.1) is 11.3 Å². The summed E-state index contributed by atoms with van der Waals surface area (Å²) in [4.78, 5) is 30.5. The molecule has 1 aliphatic heterocycles. The van der Waals surface area contributed by atoms with Crippen LogP contribution in [0.2, 0.25) is 0 Å². The Bertz CT molecular complexity index is 796. The van der Waals surface area contributed by atoms with Gasteiger partial charge in [-0.25, -0.2) is 15.2 Å². The molecule has 27 heavy (non-hydrogen) atoms. The lowest BCUT2D eigenvalue weighted by Gasteiger charge is -2.35. The summed E-state index contributed by atoms with van der Waals surface area (Å²) in [5, 5.41) is 2.45. The summed E-state index contributed by atoms with van der Waals surface area (Å²) in [6, 6.07) is 7.77. The van der Waals surface area contributed by atoms with Crippen LogP contribution in [-0.2, 0) is 11.2 Å². The highest BCUT2D eigenvalue weighted by Gasteiger charge is 2.26. The summed E-state index contributed by atoms with van der Waals surface area (Å²) in [5.74, 6) is -0.439. The Kier molecular flexibility index (Phi) is 6.08. The van der Waals surface area contributed by atoms with E-state index in [0.29, 0.717) is 13.1 Å². The molecule has 0 bridgehead atoms. The Morgan fingerprint density at radius 1 is 1.19 bits per heavy atom. The van der Waals surface area contributed by atoms with E-state index < -0.39 is 5.91 Å². The monoisotopic (exact) mass is 388 g/mol. The van der Waals surface area contributed by atoms with Crippen molar-refractivity contribution in [1.82, 2.24) is 20.7 Å². The molecule has 1 aromatic carbocycles. The average Bonchev–Trinajstić information content (AvgIpc) is 3.15. The molecule has 0 aliphatic carbocycles. The van der Waals surface area contributed by atoms with Gasteiger partial charge in [0.05, 0.1) is 12.2 Å². The van der Waals surface area contributed by atoms with Gasteiger partial charge in [0.2, 0.25) is 0 Å². The van der Waals surface area contributed by atoms with Crippen LogP contribution >= 0.6 is 11.3 Å². The van der Waals surface area contributed by atoms with Crippen molar-refractivity contribution in [2.45, 2.75) is 39.4 Å². The van der Waals surface area contributed by atoms with Crippen molar-refractivity contribution < 1.29 is 14.3 Å². The molecule has 1 saturated heterocycles. The Balaban J connectivity index is 1.57. The van der Waals surface area contributed by atoms with Crippen molar-refractivity contribution in [3.63, 3.8) is 0 Å².